The fourth-order valence-electron chi connectivity index (χ4n) is 2.28. The van der Waals surface area contributed by atoms with E-state index in [0.29, 0.717) is 18.0 Å². The van der Waals surface area contributed by atoms with Crippen LogP contribution >= 0.6 is 11.6 Å². The van der Waals surface area contributed by atoms with Crippen LogP contribution in [0.3, 0.4) is 0 Å². The van der Waals surface area contributed by atoms with Gasteiger partial charge < -0.3 is 15.3 Å². The average Bonchev–Trinajstić information content (AvgIpc) is 2.77. The molecule has 2 rings (SSSR count). The molecule has 1 fully saturated rings. The van der Waals surface area contributed by atoms with Gasteiger partial charge in [0.1, 0.15) is 0 Å². The molecule has 1 saturated heterocycles. The second-order valence-electron chi connectivity index (χ2n) is 4.84. The maximum absolute atomic E-state index is 10.9. The average molecular weight is 269 g/mol. The number of carboxylic acids is 1. The molecule has 0 saturated carbocycles. The van der Waals surface area contributed by atoms with Crippen molar-refractivity contribution in [2.75, 3.05) is 25.5 Å². The van der Waals surface area contributed by atoms with Gasteiger partial charge in [0.05, 0.1) is 16.6 Å². The number of carbonyl (C=O) groups is 1. The Balaban J connectivity index is 2.16. The second-order valence-corrected chi connectivity index (χ2v) is 5.24. The first-order valence-electron chi connectivity index (χ1n) is 5.92. The normalized spacial score (nSPS) is 23.1. The quantitative estimate of drug-likeness (QED) is 0.882. The lowest BCUT2D eigenvalue weighted by molar-refractivity contribution is -0.141. The van der Waals surface area contributed by atoms with E-state index in [1.807, 2.05) is 37.2 Å². The molecular weight excluding hydrogens is 252 g/mol. The highest BCUT2D eigenvalue weighted by molar-refractivity contribution is 6.33. The molecule has 5 heteroatoms. The maximum Gasteiger partial charge on any atom is 0.307 e. The van der Waals surface area contributed by atoms with Gasteiger partial charge in [0.2, 0.25) is 0 Å². The van der Waals surface area contributed by atoms with E-state index in [4.69, 9.17) is 16.7 Å². The number of anilines is 1. The van der Waals surface area contributed by atoms with Crippen molar-refractivity contribution in [1.29, 1.82) is 0 Å². The molecule has 1 aliphatic rings. The van der Waals surface area contributed by atoms with E-state index in [1.54, 1.807) is 0 Å². The molecule has 1 aromatic carbocycles. The van der Waals surface area contributed by atoms with Crippen LogP contribution in [-0.4, -0.2) is 31.7 Å². The van der Waals surface area contributed by atoms with E-state index < -0.39 is 5.97 Å². The minimum Gasteiger partial charge on any atom is -0.481 e. The van der Waals surface area contributed by atoms with Crippen LogP contribution < -0.4 is 10.2 Å². The molecule has 0 aromatic heterocycles. The number of hydrogen-bond acceptors (Lipinski definition) is 3. The van der Waals surface area contributed by atoms with Crippen molar-refractivity contribution in [3.8, 4) is 0 Å². The molecule has 2 N–H and O–H groups in total. The number of rotatable bonds is 3. The van der Waals surface area contributed by atoms with E-state index in [0.717, 1.165) is 11.3 Å². The largest absolute Gasteiger partial charge is 0.481 e. The topological polar surface area (TPSA) is 52.6 Å². The molecule has 4 nitrogen and oxygen atoms in total. The van der Waals surface area contributed by atoms with Crippen LogP contribution in [0.25, 0.3) is 0 Å². The summed E-state index contributed by atoms with van der Waals surface area (Å²) in [5.41, 5.74) is 2.02. The van der Waals surface area contributed by atoms with Crippen LogP contribution in [0, 0.1) is 5.92 Å². The third-order valence-corrected chi connectivity index (χ3v) is 3.64. The molecule has 1 heterocycles. The first-order chi connectivity index (χ1) is 8.49. The summed E-state index contributed by atoms with van der Waals surface area (Å²) in [6.45, 7) is 0.521. The predicted octanol–water partition coefficient (Wildman–Crippen LogP) is 2.14. The number of nitrogens with one attached hydrogen (secondary N) is 1. The summed E-state index contributed by atoms with van der Waals surface area (Å²) in [6, 6.07) is 5.97. The van der Waals surface area contributed by atoms with E-state index in [1.165, 1.54) is 0 Å². The van der Waals surface area contributed by atoms with Gasteiger partial charge in [0, 0.05) is 26.7 Å². The Hall–Kier alpha value is -1.26. The Bertz CT molecular complexity index is 462. The zero-order chi connectivity index (χ0) is 13.3. The lowest BCUT2D eigenvalue weighted by Gasteiger charge is -2.17. The molecule has 2 unspecified atom stereocenters. The first-order valence-corrected chi connectivity index (χ1v) is 6.30. The van der Waals surface area contributed by atoms with Crippen LogP contribution in [0.15, 0.2) is 18.2 Å². The van der Waals surface area contributed by atoms with Gasteiger partial charge in [0.15, 0.2) is 0 Å². The third-order valence-electron chi connectivity index (χ3n) is 3.34. The van der Waals surface area contributed by atoms with Gasteiger partial charge in [-0.2, -0.15) is 0 Å². The van der Waals surface area contributed by atoms with Crippen molar-refractivity contribution >= 4 is 23.3 Å². The molecule has 1 aliphatic heterocycles. The third kappa shape index (κ3) is 2.60. The summed E-state index contributed by atoms with van der Waals surface area (Å²) < 4.78 is 0. The fraction of sp³-hybridized carbons (Fsp3) is 0.462. The van der Waals surface area contributed by atoms with Gasteiger partial charge in [-0.3, -0.25) is 4.79 Å². The Morgan fingerprint density at radius 2 is 2.22 bits per heavy atom. The van der Waals surface area contributed by atoms with E-state index in [9.17, 15) is 4.79 Å². The predicted molar refractivity (Wildman–Crippen MR) is 72.3 cm³/mol. The van der Waals surface area contributed by atoms with Crippen molar-refractivity contribution in [2.24, 2.45) is 5.92 Å². The lowest BCUT2D eigenvalue weighted by Crippen LogP contribution is -2.17. The van der Waals surface area contributed by atoms with Gasteiger partial charge in [-0.25, -0.2) is 0 Å². The van der Waals surface area contributed by atoms with Crippen molar-refractivity contribution in [3.63, 3.8) is 0 Å². The molecule has 0 aliphatic carbocycles. The smallest absolute Gasteiger partial charge is 0.307 e. The molecule has 0 bridgehead atoms. The summed E-state index contributed by atoms with van der Waals surface area (Å²) in [5.74, 6) is -1.04. The molecule has 0 spiro atoms. The Morgan fingerprint density at radius 1 is 1.50 bits per heavy atom. The monoisotopic (exact) mass is 268 g/mol. The Labute approximate surface area is 112 Å². The number of hydrogen-bond donors (Lipinski definition) is 2. The number of benzene rings is 1. The zero-order valence-corrected chi connectivity index (χ0v) is 11.2. The standard InChI is InChI=1S/C13H17ClN2O2/c1-16(2)12-4-3-8(5-10(12)14)11-6-9(7-15-11)13(17)18/h3-5,9,11,15H,6-7H2,1-2H3,(H,17,18). The SMILES string of the molecule is CN(C)c1ccc(C2CC(C(=O)O)CN2)cc1Cl. The molecule has 0 radical (unpaired) electrons. The molecule has 1 aromatic rings. The molecule has 98 valence electrons. The second kappa shape index (κ2) is 5.16. The summed E-state index contributed by atoms with van der Waals surface area (Å²) in [7, 11) is 3.88. The van der Waals surface area contributed by atoms with E-state index in [-0.39, 0.29) is 12.0 Å². The summed E-state index contributed by atoms with van der Waals surface area (Å²) in [4.78, 5) is 12.9. The summed E-state index contributed by atoms with van der Waals surface area (Å²) in [5, 5.41) is 12.9. The highest BCUT2D eigenvalue weighted by Gasteiger charge is 2.30. The van der Waals surface area contributed by atoms with Crippen LogP contribution in [0.1, 0.15) is 18.0 Å². The minimum absolute atomic E-state index is 0.0832. The van der Waals surface area contributed by atoms with Crippen LogP contribution in [0.4, 0.5) is 5.69 Å². The van der Waals surface area contributed by atoms with Crippen molar-refractivity contribution in [2.45, 2.75) is 12.5 Å². The van der Waals surface area contributed by atoms with Crippen molar-refractivity contribution in [1.82, 2.24) is 5.32 Å². The fourth-order valence-corrected chi connectivity index (χ4v) is 2.64. The van der Waals surface area contributed by atoms with E-state index >= 15 is 0 Å². The van der Waals surface area contributed by atoms with Gasteiger partial charge in [-0.15, -0.1) is 0 Å². The van der Waals surface area contributed by atoms with Crippen LogP contribution in [0.2, 0.25) is 5.02 Å². The van der Waals surface area contributed by atoms with Crippen LogP contribution in [0.5, 0.6) is 0 Å². The number of nitrogens with zero attached hydrogens (tertiary/aromatic N) is 1. The molecule has 0 amide bonds. The number of halogens is 1. The highest BCUT2D eigenvalue weighted by atomic mass is 35.5. The van der Waals surface area contributed by atoms with Crippen molar-refractivity contribution < 1.29 is 9.90 Å². The van der Waals surface area contributed by atoms with Crippen LogP contribution in [-0.2, 0) is 4.79 Å². The highest BCUT2D eigenvalue weighted by Crippen LogP contribution is 2.32. The van der Waals surface area contributed by atoms with Crippen molar-refractivity contribution in [3.05, 3.63) is 28.8 Å². The van der Waals surface area contributed by atoms with Gasteiger partial charge in [-0.1, -0.05) is 17.7 Å². The zero-order valence-electron chi connectivity index (χ0n) is 10.5. The summed E-state index contributed by atoms with van der Waals surface area (Å²) >= 11 is 6.22. The summed E-state index contributed by atoms with van der Waals surface area (Å²) in [6.07, 6.45) is 0.618. The Morgan fingerprint density at radius 3 is 2.72 bits per heavy atom. The molecule has 18 heavy (non-hydrogen) atoms. The Kier molecular flexibility index (Phi) is 3.78. The first kappa shape index (κ1) is 13.2. The maximum atomic E-state index is 10.9. The van der Waals surface area contributed by atoms with Gasteiger partial charge in [0.25, 0.3) is 0 Å². The van der Waals surface area contributed by atoms with Gasteiger partial charge in [-0.05, 0) is 24.1 Å². The molecular formula is C13H17ClN2O2. The number of aliphatic carboxylic acids is 1. The van der Waals surface area contributed by atoms with Gasteiger partial charge >= 0.3 is 5.97 Å². The number of carboxylic acid groups (broad SMARTS) is 1. The van der Waals surface area contributed by atoms with E-state index in [2.05, 4.69) is 5.32 Å². The minimum atomic E-state index is -0.735. The lowest BCUT2D eigenvalue weighted by atomic mass is 10.00. The molecule has 2 atom stereocenters.